The molecule has 7 heteroatoms. The highest BCUT2D eigenvalue weighted by Crippen LogP contribution is 2.31. The number of hydrogen-bond donors (Lipinski definition) is 1. The zero-order valence-electron chi connectivity index (χ0n) is 12.9. The van der Waals surface area contributed by atoms with E-state index in [2.05, 4.69) is 10.1 Å². The van der Waals surface area contributed by atoms with Crippen LogP contribution in [-0.2, 0) is 0 Å². The van der Waals surface area contributed by atoms with E-state index < -0.39 is 12.4 Å². The van der Waals surface area contributed by atoms with E-state index in [0.29, 0.717) is 35.6 Å². The standard InChI is InChI=1S/C17H15F3N2O2/c1-2-22-9-21-15-7-10(3-4-14(15)16(22)23)11-5-12(18)8-13(6-11)24-17(19)20/h3-8,17,21H,2,9H2,1H3. The normalized spacial score (nSPS) is 13.7. The van der Waals surface area contributed by atoms with Gasteiger partial charge in [-0.25, -0.2) is 4.39 Å². The van der Waals surface area contributed by atoms with Gasteiger partial charge in [-0.1, -0.05) is 6.07 Å². The number of hydrogen-bond acceptors (Lipinski definition) is 3. The average Bonchev–Trinajstić information content (AvgIpc) is 2.53. The lowest BCUT2D eigenvalue weighted by Crippen LogP contribution is -2.39. The third-order valence-electron chi connectivity index (χ3n) is 3.81. The minimum absolute atomic E-state index is 0.0845. The molecule has 126 valence electrons. The second kappa shape index (κ2) is 6.43. The Balaban J connectivity index is 1.97. The monoisotopic (exact) mass is 336 g/mol. The molecule has 2 aromatic carbocycles. The fourth-order valence-corrected chi connectivity index (χ4v) is 2.64. The van der Waals surface area contributed by atoms with Crippen LogP contribution in [0.25, 0.3) is 11.1 Å². The van der Waals surface area contributed by atoms with Gasteiger partial charge >= 0.3 is 6.61 Å². The van der Waals surface area contributed by atoms with Crippen molar-refractivity contribution in [3.63, 3.8) is 0 Å². The summed E-state index contributed by atoms with van der Waals surface area (Å²) < 4.78 is 42.6. The third-order valence-corrected chi connectivity index (χ3v) is 3.81. The number of carbonyl (C=O) groups excluding carboxylic acids is 1. The van der Waals surface area contributed by atoms with Crippen LogP contribution in [0.3, 0.4) is 0 Å². The lowest BCUT2D eigenvalue weighted by Gasteiger charge is -2.29. The minimum Gasteiger partial charge on any atom is -0.435 e. The molecule has 2 aromatic rings. The largest absolute Gasteiger partial charge is 0.435 e. The number of nitrogens with one attached hydrogen (secondary N) is 1. The van der Waals surface area contributed by atoms with Crippen LogP contribution in [0.4, 0.5) is 18.9 Å². The van der Waals surface area contributed by atoms with Crippen LogP contribution in [0.15, 0.2) is 36.4 Å². The van der Waals surface area contributed by atoms with Gasteiger partial charge in [0.05, 0.1) is 12.2 Å². The zero-order chi connectivity index (χ0) is 17.3. The summed E-state index contributed by atoms with van der Waals surface area (Å²) in [5.74, 6) is -1.01. The molecule has 0 bridgehead atoms. The van der Waals surface area contributed by atoms with E-state index >= 15 is 0 Å². The maximum atomic E-state index is 13.7. The fourth-order valence-electron chi connectivity index (χ4n) is 2.64. The Labute approximate surface area is 136 Å². The van der Waals surface area contributed by atoms with E-state index in [1.54, 1.807) is 23.1 Å². The first kappa shape index (κ1) is 16.2. The van der Waals surface area contributed by atoms with Crippen LogP contribution in [0.2, 0.25) is 0 Å². The molecule has 0 fully saturated rings. The Morgan fingerprint density at radius 2 is 2.00 bits per heavy atom. The first-order valence-corrected chi connectivity index (χ1v) is 7.41. The van der Waals surface area contributed by atoms with E-state index in [0.717, 1.165) is 6.07 Å². The Bertz CT molecular complexity index is 780. The van der Waals surface area contributed by atoms with Crippen molar-refractivity contribution in [2.75, 3.05) is 18.5 Å². The van der Waals surface area contributed by atoms with Crippen LogP contribution < -0.4 is 10.1 Å². The topological polar surface area (TPSA) is 41.6 Å². The molecule has 1 amide bonds. The molecule has 4 nitrogen and oxygen atoms in total. The van der Waals surface area contributed by atoms with Crippen molar-refractivity contribution < 1.29 is 22.7 Å². The molecule has 0 aromatic heterocycles. The van der Waals surface area contributed by atoms with Gasteiger partial charge in [0.1, 0.15) is 11.6 Å². The highest BCUT2D eigenvalue weighted by atomic mass is 19.3. The number of ether oxygens (including phenoxy) is 1. The maximum Gasteiger partial charge on any atom is 0.387 e. The van der Waals surface area contributed by atoms with E-state index in [-0.39, 0.29) is 11.7 Å². The highest BCUT2D eigenvalue weighted by molar-refractivity contribution is 6.02. The molecular weight excluding hydrogens is 321 g/mol. The van der Waals surface area contributed by atoms with E-state index in [4.69, 9.17) is 0 Å². The summed E-state index contributed by atoms with van der Waals surface area (Å²) in [6, 6.07) is 8.44. The van der Waals surface area contributed by atoms with E-state index in [1.165, 1.54) is 12.1 Å². The van der Waals surface area contributed by atoms with E-state index in [9.17, 15) is 18.0 Å². The quantitative estimate of drug-likeness (QED) is 0.919. The van der Waals surface area contributed by atoms with Crippen LogP contribution in [0.5, 0.6) is 5.75 Å². The van der Waals surface area contributed by atoms with Gasteiger partial charge in [0.15, 0.2) is 0 Å². The molecule has 0 atom stereocenters. The van der Waals surface area contributed by atoms with Crippen molar-refractivity contribution in [1.29, 1.82) is 0 Å². The second-order valence-electron chi connectivity index (χ2n) is 5.31. The van der Waals surface area contributed by atoms with Gasteiger partial charge in [0.25, 0.3) is 5.91 Å². The maximum absolute atomic E-state index is 13.7. The molecule has 0 radical (unpaired) electrons. The molecule has 0 spiro atoms. The van der Waals surface area contributed by atoms with Crippen LogP contribution >= 0.6 is 0 Å². The Hall–Kier alpha value is -2.70. The van der Waals surface area contributed by atoms with Gasteiger partial charge in [-0.15, -0.1) is 0 Å². The first-order chi connectivity index (χ1) is 11.5. The fraction of sp³-hybridized carbons (Fsp3) is 0.235. The summed E-state index contributed by atoms with van der Waals surface area (Å²) >= 11 is 0. The number of benzene rings is 2. The summed E-state index contributed by atoms with van der Waals surface area (Å²) in [4.78, 5) is 13.9. The van der Waals surface area contributed by atoms with Crippen LogP contribution in [0, 0.1) is 5.82 Å². The van der Waals surface area contributed by atoms with E-state index in [1.807, 2.05) is 6.92 Å². The summed E-state index contributed by atoms with van der Waals surface area (Å²) in [7, 11) is 0. The number of alkyl halides is 2. The molecule has 0 aliphatic carbocycles. The van der Waals surface area contributed by atoms with Gasteiger partial charge in [-0.2, -0.15) is 8.78 Å². The Morgan fingerprint density at radius 3 is 2.71 bits per heavy atom. The number of nitrogens with zero attached hydrogens (tertiary/aromatic N) is 1. The summed E-state index contributed by atoms with van der Waals surface area (Å²) in [5, 5.41) is 3.13. The van der Waals surface area contributed by atoms with Crippen molar-refractivity contribution >= 4 is 11.6 Å². The molecule has 0 saturated heterocycles. The minimum atomic E-state index is -3.03. The van der Waals surface area contributed by atoms with Gasteiger partial charge in [0, 0.05) is 18.3 Å². The van der Waals surface area contributed by atoms with Crippen molar-refractivity contribution in [3.8, 4) is 16.9 Å². The average molecular weight is 336 g/mol. The number of halogens is 3. The second-order valence-corrected chi connectivity index (χ2v) is 5.31. The predicted molar refractivity (Wildman–Crippen MR) is 83.7 cm³/mol. The number of anilines is 1. The SMILES string of the molecule is CCN1CNc2cc(-c3cc(F)cc(OC(F)F)c3)ccc2C1=O. The number of amides is 1. The first-order valence-electron chi connectivity index (χ1n) is 7.41. The molecule has 1 aliphatic heterocycles. The van der Waals surface area contributed by atoms with Gasteiger partial charge < -0.3 is 15.0 Å². The zero-order valence-corrected chi connectivity index (χ0v) is 12.9. The Kier molecular flexibility index (Phi) is 4.33. The van der Waals surface area contributed by atoms with Crippen molar-refractivity contribution in [2.45, 2.75) is 13.5 Å². The lowest BCUT2D eigenvalue weighted by atomic mass is 10.0. The molecule has 0 saturated carbocycles. The number of rotatable bonds is 4. The smallest absolute Gasteiger partial charge is 0.387 e. The van der Waals surface area contributed by atoms with Gasteiger partial charge in [-0.05, 0) is 42.3 Å². The number of carbonyl (C=O) groups is 1. The molecule has 1 heterocycles. The lowest BCUT2D eigenvalue weighted by molar-refractivity contribution is -0.0499. The van der Waals surface area contributed by atoms with Crippen molar-refractivity contribution in [3.05, 3.63) is 47.8 Å². The van der Waals surface area contributed by atoms with Crippen molar-refractivity contribution in [2.24, 2.45) is 0 Å². The molecular formula is C17H15F3N2O2. The van der Waals surface area contributed by atoms with Gasteiger partial charge in [0.2, 0.25) is 0 Å². The molecule has 24 heavy (non-hydrogen) atoms. The molecule has 0 unspecified atom stereocenters. The molecule has 1 N–H and O–H groups in total. The predicted octanol–water partition coefficient (Wildman–Crippen LogP) is 3.94. The summed E-state index contributed by atoms with van der Waals surface area (Å²) in [5.41, 5.74) is 2.13. The van der Waals surface area contributed by atoms with Crippen LogP contribution in [0.1, 0.15) is 17.3 Å². The van der Waals surface area contributed by atoms with Gasteiger partial charge in [-0.3, -0.25) is 4.79 Å². The summed E-state index contributed by atoms with van der Waals surface area (Å²) in [6.07, 6.45) is 0. The summed E-state index contributed by atoms with van der Waals surface area (Å²) in [6.45, 7) is -0.168. The van der Waals surface area contributed by atoms with Crippen molar-refractivity contribution in [1.82, 2.24) is 4.90 Å². The molecule has 3 rings (SSSR count). The third kappa shape index (κ3) is 3.15. The highest BCUT2D eigenvalue weighted by Gasteiger charge is 2.23. The molecule has 1 aliphatic rings. The van der Waals surface area contributed by atoms with Crippen LogP contribution in [-0.4, -0.2) is 30.6 Å². The Morgan fingerprint density at radius 1 is 1.21 bits per heavy atom. The number of fused-ring (bicyclic) bond motifs is 1.